The topological polar surface area (TPSA) is 64.1 Å². The molecule has 6 nitrogen and oxygen atoms in total. The fraction of sp³-hybridized carbons (Fsp3) is 0.429. The van der Waals surface area contributed by atoms with Crippen LogP contribution in [0.15, 0.2) is 30.3 Å². The molecule has 1 N–H and O–H groups in total. The van der Waals surface area contributed by atoms with Crippen LogP contribution in [0.4, 0.5) is 24.5 Å². The standard InChI is InChI=1S/C21H22F3N3O3/c22-21(23,24)7-10-27-17-6-5-16(14-3-1-4-15(19(14)17)20(27)30)26-9-2-8-25(11-12-26)13-18(28)29/h1,3-6H,2,7-13H2,(H,28,29). The first-order chi connectivity index (χ1) is 14.2. The van der Waals surface area contributed by atoms with Gasteiger partial charge in [0.2, 0.25) is 0 Å². The number of benzene rings is 2. The van der Waals surface area contributed by atoms with Crippen LogP contribution < -0.4 is 9.80 Å². The van der Waals surface area contributed by atoms with E-state index >= 15 is 0 Å². The van der Waals surface area contributed by atoms with Crippen molar-refractivity contribution in [1.29, 1.82) is 0 Å². The average molecular weight is 421 g/mol. The molecule has 0 bridgehead atoms. The maximum Gasteiger partial charge on any atom is 0.390 e. The molecule has 2 aromatic carbocycles. The summed E-state index contributed by atoms with van der Waals surface area (Å²) in [5.74, 6) is -1.26. The first kappa shape index (κ1) is 20.5. The Morgan fingerprint density at radius 1 is 1.03 bits per heavy atom. The molecule has 1 saturated heterocycles. The third-order valence-corrected chi connectivity index (χ3v) is 5.67. The summed E-state index contributed by atoms with van der Waals surface area (Å²) in [5, 5.41) is 10.6. The highest BCUT2D eigenvalue weighted by atomic mass is 19.4. The van der Waals surface area contributed by atoms with Gasteiger partial charge in [0.25, 0.3) is 5.91 Å². The molecular weight excluding hydrogens is 399 g/mol. The molecule has 9 heteroatoms. The van der Waals surface area contributed by atoms with Crippen LogP contribution in [0.25, 0.3) is 10.8 Å². The summed E-state index contributed by atoms with van der Waals surface area (Å²) in [6, 6.07) is 8.88. The van der Waals surface area contributed by atoms with Crippen LogP contribution in [0.5, 0.6) is 0 Å². The molecule has 1 amide bonds. The lowest BCUT2D eigenvalue weighted by molar-refractivity contribution is -0.138. The summed E-state index contributed by atoms with van der Waals surface area (Å²) in [7, 11) is 0. The van der Waals surface area contributed by atoms with E-state index in [0.29, 0.717) is 36.3 Å². The molecule has 2 aromatic rings. The number of hydrogen-bond donors (Lipinski definition) is 1. The monoisotopic (exact) mass is 421 g/mol. The maximum atomic E-state index is 12.8. The second-order valence-corrected chi connectivity index (χ2v) is 7.66. The molecule has 0 atom stereocenters. The van der Waals surface area contributed by atoms with Crippen LogP contribution in [0, 0.1) is 0 Å². The normalized spacial score (nSPS) is 17.6. The molecule has 0 unspecified atom stereocenters. The lowest BCUT2D eigenvalue weighted by Gasteiger charge is -2.25. The van der Waals surface area contributed by atoms with Gasteiger partial charge in [-0.05, 0) is 24.6 Å². The number of carboxylic acids is 1. The number of hydrogen-bond acceptors (Lipinski definition) is 4. The van der Waals surface area contributed by atoms with E-state index in [0.717, 1.165) is 24.0 Å². The predicted molar refractivity (Wildman–Crippen MR) is 107 cm³/mol. The highest BCUT2D eigenvalue weighted by Gasteiger charge is 2.35. The molecule has 4 rings (SSSR count). The quantitative estimate of drug-likeness (QED) is 0.802. The van der Waals surface area contributed by atoms with Gasteiger partial charge in [0.15, 0.2) is 0 Å². The van der Waals surface area contributed by atoms with Crippen molar-refractivity contribution >= 4 is 34.0 Å². The smallest absolute Gasteiger partial charge is 0.390 e. The van der Waals surface area contributed by atoms with Crippen molar-refractivity contribution in [3.05, 3.63) is 35.9 Å². The number of carbonyl (C=O) groups is 2. The molecule has 0 aliphatic carbocycles. The van der Waals surface area contributed by atoms with Crippen molar-refractivity contribution < 1.29 is 27.9 Å². The number of nitrogens with zero attached hydrogens (tertiary/aromatic N) is 3. The van der Waals surface area contributed by atoms with E-state index in [-0.39, 0.29) is 6.54 Å². The molecular formula is C21H22F3N3O3. The van der Waals surface area contributed by atoms with Crippen molar-refractivity contribution in [3.63, 3.8) is 0 Å². The van der Waals surface area contributed by atoms with E-state index in [1.54, 1.807) is 18.2 Å². The summed E-state index contributed by atoms with van der Waals surface area (Å²) >= 11 is 0. The van der Waals surface area contributed by atoms with Gasteiger partial charge in [-0.1, -0.05) is 12.1 Å². The minimum absolute atomic E-state index is 0.000338. The number of aliphatic carboxylic acids is 1. The van der Waals surface area contributed by atoms with E-state index in [1.807, 2.05) is 17.0 Å². The Labute approximate surface area is 171 Å². The average Bonchev–Trinajstić information content (AvgIpc) is 2.81. The minimum Gasteiger partial charge on any atom is -0.480 e. The number of carbonyl (C=O) groups excluding carboxylic acids is 1. The fourth-order valence-electron chi connectivity index (χ4n) is 4.33. The zero-order valence-corrected chi connectivity index (χ0v) is 16.3. The summed E-state index contributed by atoms with van der Waals surface area (Å²) < 4.78 is 38.2. The molecule has 0 saturated carbocycles. The molecule has 160 valence electrons. The van der Waals surface area contributed by atoms with E-state index in [2.05, 4.69) is 4.90 Å². The second-order valence-electron chi connectivity index (χ2n) is 7.66. The second kappa shape index (κ2) is 7.79. The Morgan fingerprint density at radius 2 is 1.80 bits per heavy atom. The zero-order chi connectivity index (χ0) is 21.5. The van der Waals surface area contributed by atoms with Gasteiger partial charge in [0.05, 0.1) is 18.7 Å². The van der Waals surface area contributed by atoms with Gasteiger partial charge in [-0.15, -0.1) is 0 Å². The van der Waals surface area contributed by atoms with Gasteiger partial charge in [-0.3, -0.25) is 14.5 Å². The molecule has 2 heterocycles. The van der Waals surface area contributed by atoms with Gasteiger partial charge in [0, 0.05) is 54.7 Å². The Hall–Kier alpha value is -2.81. The highest BCUT2D eigenvalue weighted by Crippen LogP contribution is 2.42. The lowest BCUT2D eigenvalue weighted by Crippen LogP contribution is -2.34. The van der Waals surface area contributed by atoms with Gasteiger partial charge >= 0.3 is 12.1 Å². The number of rotatable bonds is 5. The van der Waals surface area contributed by atoms with E-state index in [9.17, 15) is 22.8 Å². The van der Waals surface area contributed by atoms with Crippen molar-refractivity contribution in [3.8, 4) is 0 Å². The van der Waals surface area contributed by atoms with Gasteiger partial charge < -0.3 is 14.9 Å². The van der Waals surface area contributed by atoms with Crippen molar-refractivity contribution in [2.45, 2.75) is 19.0 Å². The van der Waals surface area contributed by atoms with Crippen LogP contribution >= 0.6 is 0 Å². The first-order valence-electron chi connectivity index (χ1n) is 9.88. The number of anilines is 2. The fourth-order valence-corrected chi connectivity index (χ4v) is 4.33. The molecule has 0 radical (unpaired) electrons. The molecule has 2 aliphatic rings. The number of amides is 1. The largest absolute Gasteiger partial charge is 0.480 e. The summed E-state index contributed by atoms with van der Waals surface area (Å²) in [6.07, 6.45) is -4.59. The Kier molecular flexibility index (Phi) is 5.31. The van der Waals surface area contributed by atoms with Crippen LogP contribution in [0.3, 0.4) is 0 Å². The SMILES string of the molecule is O=C(O)CN1CCCN(c2ccc3c4c(cccc24)C(=O)N3CCC(F)(F)F)CC1. The van der Waals surface area contributed by atoms with E-state index < -0.39 is 31.0 Å². The van der Waals surface area contributed by atoms with Gasteiger partial charge in [-0.25, -0.2) is 0 Å². The van der Waals surface area contributed by atoms with Crippen LogP contribution in [-0.4, -0.2) is 67.3 Å². The third-order valence-electron chi connectivity index (χ3n) is 5.67. The van der Waals surface area contributed by atoms with Crippen LogP contribution in [-0.2, 0) is 4.79 Å². The number of carboxylic acid groups (broad SMARTS) is 1. The maximum absolute atomic E-state index is 12.8. The Balaban J connectivity index is 1.64. The Bertz CT molecular complexity index is 993. The van der Waals surface area contributed by atoms with Crippen LogP contribution in [0.1, 0.15) is 23.2 Å². The number of alkyl halides is 3. The molecule has 0 aromatic heterocycles. The van der Waals surface area contributed by atoms with Gasteiger partial charge in [-0.2, -0.15) is 13.2 Å². The van der Waals surface area contributed by atoms with Crippen molar-refractivity contribution in [2.24, 2.45) is 0 Å². The lowest BCUT2D eigenvalue weighted by atomic mass is 10.0. The molecule has 30 heavy (non-hydrogen) atoms. The number of halogens is 3. The molecule has 1 fully saturated rings. The summed E-state index contributed by atoms with van der Waals surface area (Å²) in [4.78, 5) is 29.0. The highest BCUT2D eigenvalue weighted by molar-refractivity contribution is 6.26. The van der Waals surface area contributed by atoms with Crippen molar-refractivity contribution in [2.75, 3.05) is 49.1 Å². The molecule has 2 aliphatic heterocycles. The van der Waals surface area contributed by atoms with Crippen molar-refractivity contribution in [1.82, 2.24) is 4.90 Å². The summed E-state index contributed by atoms with van der Waals surface area (Å²) in [6.45, 7) is 2.26. The van der Waals surface area contributed by atoms with Gasteiger partial charge in [0.1, 0.15) is 0 Å². The van der Waals surface area contributed by atoms with E-state index in [1.165, 1.54) is 4.90 Å². The predicted octanol–water partition coefficient (Wildman–Crippen LogP) is 3.35. The zero-order valence-electron chi connectivity index (χ0n) is 16.3. The minimum atomic E-state index is -4.33. The summed E-state index contributed by atoms with van der Waals surface area (Å²) in [5.41, 5.74) is 1.85. The van der Waals surface area contributed by atoms with Crippen LogP contribution in [0.2, 0.25) is 0 Å². The molecule has 0 spiro atoms. The first-order valence-corrected chi connectivity index (χ1v) is 9.88. The third kappa shape index (κ3) is 3.94. The Morgan fingerprint density at radius 3 is 2.53 bits per heavy atom. The van der Waals surface area contributed by atoms with E-state index in [4.69, 9.17) is 5.11 Å².